The molecule has 2 atom stereocenters. The summed E-state index contributed by atoms with van der Waals surface area (Å²) in [6.45, 7) is 3.32. The van der Waals surface area contributed by atoms with Crippen LogP contribution in [0.5, 0.6) is 0 Å². The fourth-order valence-electron chi connectivity index (χ4n) is 2.43. The first kappa shape index (κ1) is 14.5. The maximum absolute atomic E-state index is 12.4. The Bertz CT molecular complexity index is 505. The molecule has 20 heavy (non-hydrogen) atoms. The molecule has 3 N–H and O–H groups in total. The summed E-state index contributed by atoms with van der Waals surface area (Å²) in [5.41, 5.74) is -0.0885. The molecule has 0 aromatic carbocycles. The normalized spacial score (nSPS) is 24.1. The van der Waals surface area contributed by atoms with Gasteiger partial charge in [0.15, 0.2) is 6.04 Å². The van der Waals surface area contributed by atoms with Crippen molar-refractivity contribution in [1.82, 2.24) is 20.4 Å². The molecule has 0 radical (unpaired) electrons. The van der Waals surface area contributed by atoms with Crippen molar-refractivity contribution in [3.05, 3.63) is 18.0 Å². The second-order valence-electron chi connectivity index (χ2n) is 5.53. The Morgan fingerprint density at radius 1 is 1.60 bits per heavy atom. The number of nitrogens with one attached hydrogen (secondary N) is 2. The zero-order valence-electron chi connectivity index (χ0n) is 11.7. The Morgan fingerprint density at radius 2 is 2.35 bits per heavy atom. The highest BCUT2D eigenvalue weighted by Crippen LogP contribution is 2.27. The summed E-state index contributed by atoms with van der Waals surface area (Å²) in [6, 6.07) is -1.06. The van der Waals surface area contributed by atoms with E-state index in [-0.39, 0.29) is 5.91 Å². The van der Waals surface area contributed by atoms with Crippen LogP contribution in [-0.2, 0) is 16.6 Å². The Morgan fingerprint density at radius 3 is 2.85 bits per heavy atom. The smallest absolute Gasteiger partial charge is 0.331 e. The van der Waals surface area contributed by atoms with E-state index in [9.17, 15) is 14.7 Å². The van der Waals surface area contributed by atoms with Crippen LogP contribution in [0.25, 0.3) is 0 Å². The number of carbonyl (C=O) groups is 2. The van der Waals surface area contributed by atoms with Gasteiger partial charge in [-0.2, -0.15) is 5.10 Å². The van der Waals surface area contributed by atoms with Gasteiger partial charge < -0.3 is 15.7 Å². The average Bonchev–Trinajstić information content (AvgIpc) is 2.82. The van der Waals surface area contributed by atoms with Crippen LogP contribution in [0.4, 0.5) is 0 Å². The molecule has 2 heterocycles. The molecule has 1 aliphatic rings. The van der Waals surface area contributed by atoms with Crippen molar-refractivity contribution in [3.8, 4) is 0 Å². The van der Waals surface area contributed by atoms with Gasteiger partial charge in [0.2, 0.25) is 5.91 Å². The molecule has 2 unspecified atom stereocenters. The van der Waals surface area contributed by atoms with Crippen molar-refractivity contribution in [1.29, 1.82) is 0 Å². The monoisotopic (exact) mass is 280 g/mol. The highest BCUT2D eigenvalue weighted by atomic mass is 16.4. The lowest BCUT2D eigenvalue weighted by Crippen LogP contribution is -2.50. The second-order valence-corrected chi connectivity index (χ2v) is 5.53. The van der Waals surface area contributed by atoms with Crippen molar-refractivity contribution in [2.24, 2.45) is 12.5 Å². The zero-order chi connectivity index (χ0) is 14.8. The topological polar surface area (TPSA) is 96.2 Å². The molecule has 1 aliphatic heterocycles. The highest BCUT2D eigenvalue weighted by molar-refractivity contribution is 5.88. The van der Waals surface area contributed by atoms with Gasteiger partial charge in [-0.3, -0.25) is 9.48 Å². The van der Waals surface area contributed by atoms with Crippen LogP contribution in [0, 0.1) is 5.41 Å². The number of carboxylic acids is 1. The van der Waals surface area contributed by atoms with Gasteiger partial charge in [-0.25, -0.2) is 4.79 Å². The number of aliphatic carboxylic acids is 1. The molecule has 1 saturated heterocycles. The predicted octanol–water partition coefficient (Wildman–Crippen LogP) is 0.0517. The van der Waals surface area contributed by atoms with Gasteiger partial charge in [-0.15, -0.1) is 0 Å². The van der Waals surface area contributed by atoms with Crippen LogP contribution in [-0.4, -0.2) is 39.9 Å². The summed E-state index contributed by atoms with van der Waals surface area (Å²) in [5, 5.41) is 19.0. The van der Waals surface area contributed by atoms with E-state index in [0.717, 1.165) is 19.4 Å². The molecule has 110 valence electrons. The highest BCUT2D eigenvalue weighted by Gasteiger charge is 2.37. The van der Waals surface area contributed by atoms with E-state index in [4.69, 9.17) is 0 Å². The number of piperidine rings is 1. The lowest BCUT2D eigenvalue weighted by Gasteiger charge is -2.33. The molecule has 7 heteroatoms. The summed E-state index contributed by atoms with van der Waals surface area (Å²) >= 11 is 0. The van der Waals surface area contributed by atoms with E-state index in [1.54, 1.807) is 13.2 Å². The second kappa shape index (κ2) is 5.62. The predicted molar refractivity (Wildman–Crippen MR) is 71.9 cm³/mol. The molecule has 2 rings (SSSR count). The van der Waals surface area contributed by atoms with Crippen molar-refractivity contribution < 1.29 is 14.7 Å². The van der Waals surface area contributed by atoms with Crippen LogP contribution in [0.15, 0.2) is 12.4 Å². The number of nitrogens with zero attached hydrogens (tertiary/aromatic N) is 2. The largest absolute Gasteiger partial charge is 0.479 e. The number of carbonyl (C=O) groups excluding carboxylic acids is 1. The quantitative estimate of drug-likeness (QED) is 0.724. The standard InChI is InChI=1S/C13H20N4O3/c1-13(4-3-5-14-8-13)12(20)16-10(11(18)19)9-6-15-17(2)7-9/h6-7,10,14H,3-5,8H2,1-2H3,(H,16,20)(H,18,19). The van der Waals surface area contributed by atoms with Crippen molar-refractivity contribution in [2.45, 2.75) is 25.8 Å². The van der Waals surface area contributed by atoms with Crippen molar-refractivity contribution >= 4 is 11.9 Å². The van der Waals surface area contributed by atoms with Crippen LogP contribution < -0.4 is 10.6 Å². The fraction of sp³-hybridized carbons (Fsp3) is 0.615. The Balaban J connectivity index is 2.12. The van der Waals surface area contributed by atoms with E-state index in [1.165, 1.54) is 10.9 Å². The van der Waals surface area contributed by atoms with Crippen LogP contribution in [0.3, 0.4) is 0 Å². The van der Waals surface area contributed by atoms with E-state index in [0.29, 0.717) is 12.1 Å². The van der Waals surface area contributed by atoms with Gasteiger partial charge in [0.25, 0.3) is 0 Å². The average molecular weight is 280 g/mol. The van der Waals surface area contributed by atoms with E-state index in [2.05, 4.69) is 15.7 Å². The molecule has 1 fully saturated rings. The number of rotatable bonds is 4. The molecule has 0 bridgehead atoms. The third-order valence-electron chi connectivity index (χ3n) is 3.73. The SMILES string of the molecule is Cn1cc(C(NC(=O)C2(C)CCCNC2)C(=O)O)cn1. The number of carboxylic acid groups (broad SMARTS) is 1. The van der Waals surface area contributed by atoms with Crippen LogP contribution in [0.1, 0.15) is 31.4 Å². The Hall–Kier alpha value is -1.89. The number of hydrogen-bond acceptors (Lipinski definition) is 4. The summed E-state index contributed by atoms with van der Waals surface area (Å²) in [5.74, 6) is -1.32. The number of hydrogen-bond donors (Lipinski definition) is 3. The maximum Gasteiger partial charge on any atom is 0.331 e. The lowest BCUT2D eigenvalue weighted by molar-refractivity contribution is -0.144. The van der Waals surface area contributed by atoms with Gasteiger partial charge in [-0.1, -0.05) is 0 Å². The van der Waals surface area contributed by atoms with Gasteiger partial charge in [0.1, 0.15) is 0 Å². The molecule has 1 amide bonds. The number of aryl methyl sites for hydroxylation is 1. The molecule has 0 spiro atoms. The third kappa shape index (κ3) is 2.98. The van der Waals surface area contributed by atoms with Crippen LogP contribution in [0.2, 0.25) is 0 Å². The fourth-order valence-corrected chi connectivity index (χ4v) is 2.43. The van der Waals surface area contributed by atoms with Crippen LogP contribution >= 0.6 is 0 Å². The molecule has 0 saturated carbocycles. The van der Waals surface area contributed by atoms with Gasteiger partial charge in [0, 0.05) is 25.4 Å². The molecule has 1 aromatic heterocycles. The summed E-state index contributed by atoms with van der Waals surface area (Å²) < 4.78 is 1.52. The zero-order valence-corrected chi connectivity index (χ0v) is 11.7. The first-order valence-corrected chi connectivity index (χ1v) is 6.65. The Labute approximate surface area is 117 Å². The summed E-state index contributed by atoms with van der Waals surface area (Å²) in [6.07, 6.45) is 4.72. The van der Waals surface area contributed by atoms with Crippen molar-refractivity contribution in [3.63, 3.8) is 0 Å². The summed E-state index contributed by atoms with van der Waals surface area (Å²) in [4.78, 5) is 23.7. The molecule has 0 aliphatic carbocycles. The van der Waals surface area contributed by atoms with Gasteiger partial charge in [-0.05, 0) is 26.3 Å². The van der Waals surface area contributed by atoms with E-state index >= 15 is 0 Å². The molecule has 1 aromatic rings. The van der Waals surface area contributed by atoms with Crippen molar-refractivity contribution in [2.75, 3.05) is 13.1 Å². The minimum Gasteiger partial charge on any atom is -0.479 e. The lowest BCUT2D eigenvalue weighted by atomic mass is 9.81. The minimum absolute atomic E-state index is 0.235. The Kier molecular flexibility index (Phi) is 4.08. The van der Waals surface area contributed by atoms with Gasteiger partial charge >= 0.3 is 5.97 Å². The maximum atomic E-state index is 12.4. The summed E-state index contributed by atoms with van der Waals surface area (Å²) in [7, 11) is 1.70. The first-order valence-electron chi connectivity index (χ1n) is 6.65. The van der Waals surface area contributed by atoms with E-state index in [1.807, 2.05) is 6.92 Å². The molecular formula is C13H20N4O3. The minimum atomic E-state index is -1.08. The third-order valence-corrected chi connectivity index (χ3v) is 3.73. The van der Waals surface area contributed by atoms with E-state index < -0.39 is 17.4 Å². The number of aromatic nitrogens is 2. The van der Waals surface area contributed by atoms with Gasteiger partial charge in [0.05, 0.1) is 11.6 Å². The molecular weight excluding hydrogens is 260 g/mol. The first-order chi connectivity index (χ1) is 9.42. The number of amides is 1. The molecule has 7 nitrogen and oxygen atoms in total.